The topological polar surface area (TPSA) is 109 Å². The van der Waals surface area contributed by atoms with Crippen LogP contribution in [0.5, 0.6) is 0 Å². The number of hydrogen-bond acceptors (Lipinski definition) is 6. The maximum Gasteiger partial charge on any atom is 0.342 e. The number of halogens is 1. The van der Waals surface area contributed by atoms with Gasteiger partial charge in [-0.05, 0) is 12.1 Å². The van der Waals surface area contributed by atoms with Gasteiger partial charge in [0.05, 0.1) is 17.1 Å². The normalized spacial score (nSPS) is 11.8. The van der Waals surface area contributed by atoms with Crippen molar-refractivity contribution in [2.75, 3.05) is 19.5 Å². The maximum atomic E-state index is 11.9. The summed E-state index contributed by atoms with van der Waals surface area (Å²) in [5, 5.41) is 8.48. The van der Waals surface area contributed by atoms with Crippen LogP contribution in [0.25, 0.3) is 11.0 Å². The van der Waals surface area contributed by atoms with Crippen molar-refractivity contribution >= 4 is 38.4 Å². The Hall–Kier alpha value is -1.64. The Morgan fingerprint density at radius 1 is 1.50 bits per heavy atom. The van der Waals surface area contributed by atoms with E-state index in [4.69, 9.17) is 21.4 Å². The molecule has 7 nitrogen and oxygen atoms in total. The van der Waals surface area contributed by atoms with Crippen molar-refractivity contribution in [2.24, 2.45) is 0 Å². The fourth-order valence-electron chi connectivity index (χ4n) is 1.61. The van der Waals surface area contributed by atoms with E-state index in [1.807, 2.05) is 0 Å². The lowest BCUT2D eigenvalue weighted by atomic mass is 10.2. The van der Waals surface area contributed by atoms with Crippen molar-refractivity contribution in [2.45, 2.75) is 5.16 Å². The Kier molecular flexibility index (Phi) is 3.98. The second kappa shape index (κ2) is 5.39. The standard InChI is InChI=1S/C11H11ClN2O5S/c1-20(17,18)11-13-7-3-2-6(12)8(9(7)14-11)10(16)19-5-4-15/h2-3,15H,4-5H2,1H3,(H,13,14). The fourth-order valence-corrected chi connectivity index (χ4v) is 2.39. The summed E-state index contributed by atoms with van der Waals surface area (Å²) in [5.74, 6) is -0.777. The third-order valence-corrected chi connectivity index (χ3v) is 3.67. The van der Waals surface area contributed by atoms with E-state index < -0.39 is 15.8 Å². The Bertz CT molecular complexity index is 768. The molecule has 108 valence electrons. The number of benzene rings is 1. The van der Waals surface area contributed by atoms with Crippen LogP contribution in [-0.2, 0) is 14.6 Å². The van der Waals surface area contributed by atoms with Gasteiger partial charge >= 0.3 is 5.97 Å². The molecule has 0 spiro atoms. The predicted octanol–water partition coefficient (Wildman–Crippen LogP) is 0.769. The molecular weight excluding hydrogens is 308 g/mol. The largest absolute Gasteiger partial charge is 0.460 e. The fraction of sp³-hybridized carbons (Fsp3) is 0.273. The van der Waals surface area contributed by atoms with E-state index >= 15 is 0 Å². The van der Waals surface area contributed by atoms with Crippen LogP contribution in [0.1, 0.15) is 10.4 Å². The van der Waals surface area contributed by atoms with Gasteiger partial charge in [-0.1, -0.05) is 11.6 Å². The summed E-state index contributed by atoms with van der Waals surface area (Å²) in [5.41, 5.74) is 0.426. The van der Waals surface area contributed by atoms with Gasteiger partial charge in [-0.25, -0.2) is 18.2 Å². The minimum Gasteiger partial charge on any atom is -0.460 e. The monoisotopic (exact) mass is 318 g/mol. The van der Waals surface area contributed by atoms with Crippen LogP contribution >= 0.6 is 11.6 Å². The first-order valence-electron chi connectivity index (χ1n) is 5.51. The lowest BCUT2D eigenvalue weighted by molar-refractivity contribution is 0.0436. The van der Waals surface area contributed by atoms with E-state index in [1.165, 1.54) is 12.1 Å². The maximum absolute atomic E-state index is 11.9. The van der Waals surface area contributed by atoms with Crippen LogP contribution in [0.15, 0.2) is 17.3 Å². The van der Waals surface area contributed by atoms with Crippen molar-refractivity contribution < 1.29 is 23.1 Å². The number of fused-ring (bicyclic) bond motifs is 1. The smallest absolute Gasteiger partial charge is 0.342 e. The highest BCUT2D eigenvalue weighted by atomic mass is 35.5. The van der Waals surface area contributed by atoms with E-state index in [0.29, 0.717) is 5.52 Å². The number of carbonyl (C=O) groups excluding carboxylic acids is 1. The average molecular weight is 319 g/mol. The van der Waals surface area contributed by atoms with Gasteiger partial charge in [0.15, 0.2) is 0 Å². The highest BCUT2D eigenvalue weighted by Gasteiger charge is 2.21. The third kappa shape index (κ3) is 2.77. The summed E-state index contributed by atoms with van der Waals surface area (Å²) < 4.78 is 27.7. The molecule has 2 aromatic rings. The van der Waals surface area contributed by atoms with E-state index in [-0.39, 0.29) is 34.5 Å². The second-order valence-electron chi connectivity index (χ2n) is 3.99. The van der Waals surface area contributed by atoms with Crippen LogP contribution in [0.2, 0.25) is 5.02 Å². The zero-order chi connectivity index (χ0) is 14.9. The molecule has 0 saturated heterocycles. The molecule has 0 aliphatic carbocycles. The molecule has 0 amide bonds. The van der Waals surface area contributed by atoms with Crippen LogP contribution in [0.3, 0.4) is 0 Å². The molecule has 0 aliphatic rings. The molecule has 20 heavy (non-hydrogen) atoms. The van der Waals surface area contributed by atoms with Crippen molar-refractivity contribution in [3.63, 3.8) is 0 Å². The molecule has 0 bridgehead atoms. The molecule has 0 fully saturated rings. The Morgan fingerprint density at radius 3 is 2.80 bits per heavy atom. The molecule has 0 saturated carbocycles. The van der Waals surface area contributed by atoms with Crippen molar-refractivity contribution in [3.8, 4) is 0 Å². The molecule has 0 unspecified atom stereocenters. The Balaban J connectivity index is 2.61. The third-order valence-electron chi connectivity index (χ3n) is 2.46. The first-order chi connectivity index (χ1) is 9.34. The molecule has 2 rings (SSSR count). The van der Waals surface area contributed by atoms with Crippen LogP contribution in [0, 0.1) is 0 Å². The number of aromatic amines is 1. The summed E-state index contributed by atoms with van der Waals surface area (Å²) in [7, 11) is -3.54. The molecule has 0 aliphatic heterocycles. The SMILES string of the molecule is CS(=O)(=O)c1nc2c(C(=O)OCCO)c(Cl)ccc2[nH]1. The van der Waals surface area contributed by atoms with Crippen LogP contribution < -0.4 is 0 Å². The van der Waals surface area contributed by atoms with E-state index in [1.54, 1.807) is 0 Å². The number of H-pyrrole nitrogens is 1. The molecule has 9 heteroatoms. The number of nitrogens with zero attached hydrogens (tertiary/aromatic N) is 1. The number of rotatable bonds is 4. The molecule has 1 aromatic carbocycles. The van der Waals surface area contributed by atoms with Gasteiger partial charge < -0.3 is 14.8 Å². The molecule has 2 N–H and O–H groups in total. The van der Waals surface area contributed by atoms with Gasteiger partial charge in [-0.15, -0.1) is 0 Å². The van der Waals surface area contributed by atoms with Gasteiger partial charge in [-0.2, -0.15) is 0 Å². The number of aliphatic hydroxyl groups excluding tert-OH is 1. The predicted molar refractivity (Wildman–Crippen MR) is 71.6 cm³/mol. The summed E-state index contributed by atoms with van der Waals surface area (Å²) in [6.45, 7) is -0.511. The number of nitrogens with one attached hydrogen (secondary N) is 1. The number of hydrogen-bond donors (Lipinski definition) is 2. The quantitative estimate of drug-likeness (QED) is 0.806. The van der Waals surface area contributed by atoms with Crippen molar-refractivity contribution in [1.29, 1.82) is 0 Å². The van der Waals surface area contributed by atoms with E-state index in [2.05, 4.69) is 9.97 Å². The second-order valence-corrected chi connectivity index (χ2v) is 6.33. The number of imidazole rings is 1. The molecule has 0 radical (unpaired) electrons. The zero-order valence-corrected chi connectivity index (χ0v) is 12.0. The minimum absolute atomic E-state index is 0.0382. The first kappa shape index (κ1) is 14.8. The summed E-state index contributed by atoms with van der Waals surface area (Å²) >= 11 is 5.93. The van der Waals surface area contributed by atoms with Crippen molar-refractivity contribution in [3.05, 3.63) is 22.7 Å². The van der Waals surface area contributed by atoms with Gasteiger partial charge in [0.25, 0.3) is 0 Å². The van der Waals surface area contributed by atoms with Gasteiger partial charge in [0.1, 0.15) is 17.7 Å². The van der Waals surface area contributed by atoms with Gasteiger partial charge in [0.2, 0.25) is 15.0 Å². The van der Waals surface area contributed by atoms with Crippen molar-refractivity contribution in [1.82, 2.24) is 9.97 Å². The number of ether oxygens (including phenoxy) is 1. The van der Waals surface area contributed by atoms with Gasteiger partial charge in [0, 0.05) is 6.26 Å². The van der Waals surface area contributed by atoms with E-state index in [0.717, 1.165) is 6.26 Å². The number of esters is 1. The van der Waals surface area contributed by atoms with Gasteiger partial charge in [-0.3, -0.25) is 0 Å². The highest BCUT2D eigenvalue weighted by Crippen LogP contribution is 2.26. The Labute approximate surface area is 119 Å². The summed E-state index contributed by atoms with van der Waals surface area (Å²) in [4.78, 5) is 18.4. The number of carbonyl (C=O) groups is 1. The Morgan fingerprint density at radius 2 is 2.20 bits per heavy atom. The lowest BCUT2D eigenvalue weighted by Crippen LogP contribution is -2.10. The number of aromatic nitrogens is 2. The molecule has 1 aromatic heterocycles. The van der Waals surface area contributed by atoms with Crippen LogP contribution in [-0.4, -0.2) is 48.9 Å². The minimum atomic E-state index is -3.54. The highest BCUT2D eigenvalue weighted by molar-refractivity contribution is 7.90. The summed E-state index contributed by atoms with van der Waals surface area (Å²) in [6.07, 6.45) is 0.996. The summed E-state index contributed by atoms with van der Waals surface area (Å²) in [6, 6.07) is 2.95. The average Bonchev–Trinajstić information content (AvgIpc) is 2.79. The first-order valence-corrected chi connectivity index (χ1v) is 7.78. The number of aliphatic hydroxyl groups is 1. The zero-order valence-electron chi connectivity index (χ0n) is 10.4. The molecule has 0 atom stereocenters. The molecule has 1 heterocycles. The van der Waals surface area contributed by atoms with E-state index in [9.17, 15) is 13.2 Å². The lowest BCUT2D eigenvalue weighted by Gasteiger charge is -2.05. The van der Waals surface area contributed by atoms with Crippen LogP contribution in [0.4, 0.5) is 0 Å². The number of sulfone groups is 1. The molecular formula is C11H11ClN2O5S.